The Kier molecular flexibility index (Phi) is 8.08. The zero-order chi connectivity index (χ0) is 21.5. The highest BCUT2D eigenvalue weighted by Gasteiger charge is 2.26. The van der Waals surface area contributed by atoms with Gasteiger partial charge in [0.25, 0.3) is 5.91 Å². The molecule has 160 valence electrons. The Hall–Kier alpha value is -2.14. The van der Waals surface area contributed by atoms with Gasteiger partial charge >= 0.3 is 0 Å². The van der Waals surface area contributed by atoms with E-state index in [1.54, 1.807) is 0 Å². The van der Waals surface area contributed by atoms with Crippen LogP contribution in [0.15, 0.2) is 61.2 Å². The van der Waals surface area contributed by atoms with E-state index in [9.17, 15) is 4.79 Å². The van der Waals surface area contributed by atoms with Crippen molar-refractivity contribution in [2.24, 2.45) is 0 Å². The summed E-state index contributed by atoms with van der Waals surface area (Å²) >= 11 is 6.14. The monoisotopic (exact) mass is 425 g/mol. The smallest absolute Gasteiger partial charge is 0.253 e. The average molecular weight is 426 g/mol. The molecule has 0 radical (unpaired) electrons. The second-order valence-electron chi connectivity index (χ2n) is 7.68. The molecule has 2 aromatic carbocycles. The van der Waals surface area contributed by atoms with Gasteiger partial charge in [-0.15, -0.1) is 6.58 Å². The van der Waals surface area contributed by atoms with Gasteiger partial charge in [-0.25, -0.2) is 0 Å². The van der Waals surface area contributed by atoms with Crippen molar-refractivity contribution in [2.45, 2.75) is 19.9 Å². The fourth-order valence-electron chi connectivity index (χ4n) is 4.15. The minimum absolute atomic E-state index is 0.0904. The number of carbonyl (C=O) groups excluding carboxylic acids is 1. The van der Waals surface area contributed by atoms with E-state index in [2.05, 4.69) is 40.6 Å². The van der Waals surface area contributed by atoms with Crippen LogP contribution in [0.5, 0.6) is 0 Å². The predicted molar refractivity (Wildman–Crippen MR) is 125 cm³/mol. The molecule has 2 aromatic rings. The molecule has 1 fully saturated rings. The Morgan fingerprint density at radius 2 is 1.53 bits per heavy atom. The van der Waals surface area contributed by atoms with Crippen LogP contribution in [0.25, 0.3) is 0 Å². The Bertz CT molecular complexity index is 822. The summed E-state index contributed by atoms with van der Waals surface area (Å²) in [5.74, 6) is 0.0904. The van der Waals surface area contributed by atoms with Crippen LogP contribution in [0.4, 0.5) is 0 Å². The molecule has 1 aliphatic heterocycles. The molecular weight excluding hydrogens is 394 g/mol. The Morgan fingerprint density at radius 1 is 1.00 bits per heavy atom. The van der Waals surface area contributed by atoms with Crippen molar-refractivity contribution in [1.29, 1.82) is 0 Å². The van der Waals surface area contributed by atoms with Gasteiger partial charge in [0.2, 0.25) is 0 Å². The maximum absolute atomic E-state index is 12.7. The number of piperazine rings is 1. The maximum Gasteiger partial charge on any atom is 0.253 e. The molecule has 1 atom stereocenters. The first-order chi connectivity index (χ1) is 14.6. The molecule has 0 saturated carbocycles. The van der Waals surface area contributed by atoms with Gasteiger partial charge in [-0.3, -0.25) is 14.6 Å². The number of rotatable bonds is 8. The number of benzene rings is 2. The van der Waals surface area contributed by atoms with Crippen LogP contribution < -0.4 is 0 Å². The molecule has 1 aliphatic rings. The summed E-state index contributed by atoms with van der Waals surface area (Å²) in [7, 11) is 0. The van der Waals surface area contributed by atoms with Crippen LogP contribution in [0.1, 0.15) is 41.4 Å². The molecule has 0 bridgehead atoms. The van der Waals surface area contributed by atoms with E-state index in [0.717, 1.165) is 56.4 Å². The lowest BCUT2D eigenvalue weighted by molar-refractivity contribution is 0.0773. The van der Waals surface area contributed by atoms with E-state index in [0.29, 0.717) is 0 Å². The van der Waals surface area contributed by atoms with E-state index < -0.39 is 0 Å². The van der Waals surface area contributed by atoms with Crippen molar-refractivity contribution in [1.82, 2.24) is 14.7 Å². The molecule has 1 saturated heterocycles. The van der Waals surface area contributed by atoms with Crippen LogP contribution in [0.2, 0.25) is 5.02 Å². The first kappa shape index (κ1) is 22.5. The molecule has 5 heteroatoms. The van der Waals surface area contributed by atoms with E-state index >= 15 is 0 Å². The highest BCUT2D eigenvalue weighted by Crippen LogP contribution is 2.31. The van der Waals surface area contributed by atoms with Crippen molar-refractivity contribution in [3.63, 3.8) is 0 Å². The molecule has 1 heterocycles. The zero-order valence-electron chi connectivity index (χ0n) is 18.1. The molecule has 0 aliphatic carbocycles. The summed E-state index contributed by atoms with van der Waals surface area (Å²) in [5, 5.41) is 0.744. The molecule has 0 spiro atoms. The maximum atomic E-state index is 12.7. The molecule has 3 rings (SSSR count). The number of carbonyl (C=O) groups is 1. The van der Waals surface area contributed by atoms with E-state index in [1.807, 2.05) is 49.1 Å². The third kappa shape index (κ3) is 5.31. The van der Waals surface area contributed by atoms with Crippen LogP contribution in [-0.4, -0.2) is 66.4 Å². The molecule has 1 unspecified atom stereocenters. The fourth-order valence-corrected chi connectivity index (χ4v) is 4.27. The van der Waals surface area contributed by atoms with Gasteiger partial charge in [0.1, 0.15) is 0 Å². The van der Waals surface area contributed by atoms with Gasteiger partial charge in [-0.2, -0.15) is 0 Å². The molecule has 0 aromatic heterocycles. The molecule has 0 N–H and O–H groups in total. The van der Waals surface area contributed by atoms with Crippen molar-refractivity contribution in [3.05, 3.63) is 82.9 Å². The van der Waals surface area contributed by atoms with Gasteiger partial charge in [0.05, 0.1) is 6.04 Å². The first-order valence-electron chi connectivity index (χ1n) is 10.8. The standard InChI is InChI=1S/C25H32ClN3O/c1-4-15-27-16-18-29(19-17-27)24(21-11-13-23(26)14-12-21)20-7-9-22(10-8-20)25(30)28(5-2)6-3/h4,7-14,24H,1,5-6,15-19H2,2-3H3. The highest BCUT2D eigenvalue weighted by atomic mass is 35.5. The normalized spacial score (nSPS) is 16.2. The predicted octanol–water partition coefficient (Wildman–Crippen LogP) is 4.72. The Balaban J connectivity index is 1.86. The van der Waals surface area contributed by atoms with E-state index in [-0.39, 0.29) is 11.9 Å². The Morgan fingerprint density at radius 3 is 2.03 bits per heavy atom. The molecule has 1 amide bonds. The van der Waals surface area contributed by atoms with Crippen LogP contribution in [0.3, 0.4) is 0 Å². The topological polar surface area (TPSA) is 26.8 Å². The van der Waals surface area contributed by atoms with Crippen LogP contribution in [0, 0.1) is 0 Å². The van der Waals surface area contributed by atoms with Gasteiger partial charge in [0.15, 0.2) is 0 Å². The summed E-state index contributed by atoms with van der Waals surface area (Å²) in [6, 6.07) is 16.4. The molecule has 4 nitrogen and oxygen atoms in total. The number of halogens is 1. The summed E-state index contributed by atoms with van der Waals surface area (Å²) in [5.41, 5.74) is 3.16. The highest BCUT2D eigenvalue weighted by molar-refractivity contribution is 6.30. The van der Waals surface area contributed by atoms with E-state index in [4.69, 9.17) is 11.6 Å². The number of nitrogens with zero attached hydrogens (tertiary/aromatic N) is 3. The summed E-state index contributed by atoms with van der Waals surface area (Å²) in [4.78, 5) is 19.5. The fraction of sp³-hybridized carbons (Fsp3) is 0.400. The molecule has 30 heavy (non-hydrogen) atoms. The number of hydrogen-bond donors (Lipinski definition) is 0. The van der Waals surface area contributed by atoms with Crippen molar-refractivity contribution >= 4 is 17.5 Å². The third-order valence-corrected chi connectivity index (χ3v) is 6.12. The zero-order valence-corrected chi connectivity index (χ0v) is 18.8. The first-order valence-corrected chi connectivity index (χ1v) is 11.2. The van der Waals surface area contributed by atoms with Crippen LogP contribution >= 0.6 is 11.6 Å². The van der Waals surface area contributed by atoms with Crippen molar-refractivity contribution < 1.29 is 4.79 Å². The largest absolute Gasteiger partial charge is 0.339 e. The lowest BCUT2D eigenvalue weighted by Gasteiger charge is -2.39. The van der Waals surface area contributed by atoms with Crippen molar-refractivity contribution in [2.75, 3.05) is 45.8 Å². The minimum atomic E-state index is 0.0904. The van der Waals surface area contributed by atoms with Gasteiger partial charge < -0.3 is 4.90 Å². The lowest BCUT2D eigenvalue weighted by atomic mass is 9.95. The lowest BCUT2D eigenvalue weighted by Crippen LogP contribution is -2.47. The molecular formula is C25H32ClN3O. The third-order valence-electron chi connectivity index (χ3n) is 5.87. The number of hydrogen-bond acceptors (Lipinski definition) is 3. The minimum Gasteiger partial charge on any atom is -0.339 e. The summed E-state index contributed by atoms with van der Waals surface area (Å²) < 4.78 is 0. The van der Waals surface area contributed by atoms with Crippen LogP contribution in [-0.2, 0) is 0 Å². The van der Waals surface area contributed by atoms with Gasteiger partial charge in [0, 0.05) is 56.4 Å². The second-order valence-corrected chi connectivity index (χ2v) is 8.12. The second kappa shape index (κ2) is 10.8. The van der Waals surface area contributed by atoms with Gasteiger partial charge in [-0.1, -0.05) is 41.9 Å². The summed E-state index contributed by atoms with van der Waals surface area (Å²) in [6.07, 6.45) is 1.97. The average Bonchev–Trinajstić information content (AvgIpc) is 2.78. The van der Waals surface area contributed by atoms with Gasteiger partial charge in [-0.05, 0) is 49.2 Å². The SMILES string of the molecule is C=CCN1CCN(C(c2ccc(Cl)cc2)c2ccc(C(=O)N(CC)CC)cc2)CC1. The van der Waals surface area contributed by atoms with Crippen molar-refractivity contribution in [3.8, 4) is 0 Å². The van der Waals surface area contributed by atoms with E-state index in [1.165, 1.54) is 11.1 Å². The Labute approximate surface area is 185 Å². The number of amides is 1. The summed E-state index contributed by atoms with van der Waals surface area (Å²) in [6.45, 7) is 14.3. The quantitative estimate of drug-likeness (QED) is 0.573.